The number of aromatic carboxylic acids is 1. The van der Waals surface area contributed by atoms with Crippen LogP contribution in [0.25, 0.3) is 10.9 Å². The van der Waals surface area contributed by atoms with Gasteiger partial charge in [-0.25, -0.2) is 4.79 Å². The van der Waals surface area contributed by atoms with Crippen LogP contribution in [-0.4, -0.2) is 33.5 Å². The first-order chi connectivity index (χ1) is 15.1. The number of aliphatic hydroxyl groups excluding tert-OH is 1. The quantitative estimate of drug-likeness (QED) is 0.347. The minimum absolute atomic E-state index is 0.198. The Kier molecular flexibility index (Phi) is 8.53. The van der Waals surface area contributed by atoms with Crippen molar-refractivity contribution in [2.24, 2.45) is 0 Å². The van der Waals surface area contributed by atoms with Crippen molar-refractivity contribution >= 4 is 16.9 Å². The van der Waals surface area contributed by atoms with E-state index < -0.39 is 12.1 Å². The number of rotatable bonds is 13. The summed E-state index contributed by atoms with van der Waals surface area (Å²) in [6, 6.07) is 15.0. The SMILES string of the molecule is CCCCCCCCc1ccc(OCC(O)Cn2ccc3cc(C(=O)O)ccc32)cc1. The Bertz CT molecular complexity index is 961. The van der Waals surface area contributed by atoms with Crippen LogP contribution < -0.4 is 4.74 Å². The highest BCUT2D eigenvalue weighted by molar-refractivity contribution is 5.93. The molecule has 0 aliphatic heterocycles. The van der Waals surface area contributed by atoms with Crippen molar-refractivity contribution in [2.45, 2.75) is 64.5 Å². The maximum absolute atomic E-state index is 11.1. The maximum Gasteiger partial charge on any atom is 0.335 e. The Morgan fingerprint density at radius 3 is 2.48 bits per heavy atom. The summed E-state index contributed by atoms with van der Waals surface area (Å²) in [5.74, 6) is -0.185. The molecule has 0 fully saturated rings. The van der Waals surface area contributed by atoms with Crippen molar-refractivity contribution in [1.82, 2.24) is 4.57 Å². The summed E-state index contributed by atoms with van der Waals surface area (Å²) in [5.41, 5.74) is 2.47. The molecule has 0 bridgehead atoms. The first-order valence-corrected chi connectivity index (χ1v) is 11.3. The first kappa shape index (κ1) is 22.9. The lowest BCUT2D eigenvalue weighted by Gasteiger charge is -2.14. The minimum Gasteiger partial charge on any atom is -0.491 e. The molecule has 0 spiro atoms. The summed E-state index contributed by atoms with van der Waals surface area (Å²) in [4.78, 5) is 11.1. The smallest absolute Gasteiger partial charge is 0.335 e. The van der Waals surface area contributed by atoms with Crippen LogP contribution >= 0.6 is 0 Å². The van der Waals surface area contributed by atoms with Gasteiger partial charge in [0, 0.05) is 17.1 Å². The van der Waals surface area contributed by atoms with E-state index in [2.05, 4.69) is 19.1 Å². The highest BCUT2D eigenvalue weighted by Crippen LogP contribution is 2.19. The number of unbranched alkanes of at least 4 members (excludes halogenated alkanes) is 5. The Morgan fingerprint density at radius 1 is 1.00 bits per heavy atom. The second-order valence-corrected chi connectivity index (χ2v) is 8.17. The predicted octanol–water partition coefficient (Wildman–Crippen LogP) is 5.68. The van der Waals surface area contributed by atoms with Crippen LogP contribution in [0.3, 0.4) is 0 Å². The zero-order chi connectivity index (χ0) is 22.1. The molecule has 166 valence electrons. The summed E-state index contributed by atoms with van der Waals surface area (Å²) >= 11 is 0. The van der Waals surface area contributed by atoms with Gasteiger partial charge in [-0.2, -0.15) is 0 Å². The fourth-order valence-corrected chi connectivity index (χ4v) is 3.83. The fourth-order valence-electron chi connectivity index (χ4n) is 3.83. The Hall–Kier alpha value is -2.79. The third-order valence-electron chi connectivity index (χ3n) is 5.61. The number of hydrogen-bond acceptors (Lipinski definition) is 3. The third-order valence-corrected chi connectivity index (χ3v) is 5.61. The number of carboxylic acids is 1. The molecule has 1 heterocycles. The molecule has 0 aliphatic rings. The van der Waals surface area contributed by atoms with Crippen molar-refractivity contribution < 1.29 is 19.7 Å². The Balaban J connectivity index is 1.44. The molecular weight excluding hydrogens is 390 g/mol. The number of ether oxygens (including phenoxy) is 1. The van der Waals surface area contributed by atoms with Crippen molar-refractivity contribution in [3.05, 3.63) is 65.9 Å². The van der Waals surface area contributed by atoms with Gasteiger partial charge in [-0.05, 0) is 54.8 Å². The van der Waals surface area contributed by atoms with Gasteiger partial charge in [-0.15, -0.1) is 0 Å². The van der Waals surface area contributed by atoms with Crippen LogP contribution in [0.2, 0.25) is 0 Å². The van der Waals surface area contributed by atoms with Crippen LogP contribution in [-0.2, 0) is 13.0 Å². The second-order valence-electron chi connectivity index (χ2n) is 8.17. The van der Waals surface area contributed by atoms with Gasteiger partial charge in [-0.1, -0.05) is 51.2 Å². The van der Waals surface area contributed by atoms with E-state index in [4.69, 9.17) is 9.84 Å². The number of carbonyl (C=O) groups is 1. The summed E-state index contributed by atoms with van der Waals surface area (Å²) in [5, 5.41) is 20.4. The maximum atomic E-state index is 11.1. The zero-order valence-electron chi connectivity index (χ0n) is 18.3. The van der Waals surface area contributed by atoms with E-state index in [0.29, 0.717) is 6.54 Å². The van der Waals surface area contributed by atoms with Gasteiger partial charge in [0.2, 0.25) is 0 Å². The number of carboxylic acid groups (broad SMARTS) is 1. The Labute approximate surface area is 184 Å². The van der Waals surface area contributed by atoms with Gasteiger partial charge in [0.15, 0.2) is 0 Å². The van der Waals surface area contributed by atoms with E-state index in [1.165, 1.54) is 44.1 Å². The van der Waals surface area contributed by atoms with E-state index in [0.717, 1.165) is 23.1 Å². The fraction of sp³-hybridized carbons (Fsp3) is 0.423. The van der Waals surface area contributed by atoms with E-state index in [1.54, 1.807) is 18.2 Å². The van der Waals surface area contributed by atoms with Gasteiger partial charge in [-0.3, -0.25) is 0 Å². The van der Waals surface area contributed by atoms with Crippen LogP contribution in [0.1, 0.15) is 61.4 Å². The van der Waals surface area contributed by atoms with Crippen molar-refractivity contribution in [2.75, 3.05) is 6.61 Å². The topological polar surface area (TPSA) is 71.7 Å². The van der Waals surface area contributed by atoms with E-state index in [9.17, 15) is 9.90 Å². The summed E-state index contributed by atoms with van der Waals surface area (Å²) in [6.45, 7) is 2.82. The number of aliphatic hydroxyl groups is 1. The largest absolute Gasteiger partial charge is 0.491 e. The Morgan fingerprint density at radius 2 is 1.74 bits per heavy atom. The van der Waals surface area contributed by atoms with Crippen LogP contribution in [0.4, 0.5) is 0 Å². The standard InChI is InChI=1S/C26H33NO4/c1-2-3-4-5-6-7-8-20-9-12-24(13-10-20)31-19-23(28)18-27-16-15-21-17-22(26(29)30)11-14-25(21)27/h9-17,23,28H,2-8,18-19H2,1H3,(H,29,30). The van der Waals surface area contributed by atoms with Crippen molar-refractivity contribution in [1.29, 1.82) is 0 Å². The normalized spacial score (nSPS) is 12.2. The molecule has 31 heavy (non-hydrogen) atoms. The van der Waals surface area contributed by atoms with Crippen LogP contribution in [0.5, 0.6) is 5.75 Å². The molecule has 3 aromatic rings. The monoisotopic (exact) mass is 423 g/mol. The molecule has 0 saturated carbocycles. The zero-order valence-corrected chi connectivity index (χ0v) is 18.3. The summed E-state index contributed by atoms with van der Waals surface area (Å²) in [6.07, 6.45) is 10.1. The lowest BCUT2D eigenvalue weighted by Crippen LogP contribution is -2.23. The molecule has 2 aromatic carbocycles. The molecule has 3 rings (SSSR count). The highest BCUT2D eigenvalue weighted by atomic mass is 16.5. The van der Waals surface area contributed by atoms with Gasteiger partial charge in [0.05, 0.1) is 12.1 Å². The average Bonchev–Trinajstić information content (AvgIpc) is 3.17. The molecule has 5 nitrogen and oxygen atoms in total. The van der Waals surface area contributed by atoms with E-state index in [-0.39, 0.29) is 12.2 Å². The van der Waals surface area contributed by atoms with Crippen molar-refractivity contribution in [3.63, 3.8) is 0 Å². The molecular formula is C26H33NO4. The van der Waals surface area contributed by atoms with Crippen LogP contribution in [0.15, 0.2) is 54.7 Å². The number of nitrogens with zero attached hydrogens (tertiary/aromatic N) is 1. The molecule has 1 aromatic heterocycles. The molecule has 0 amide bonds. The lowest BCUT2D eigenvalue weighted by atomic mass is 10.0. The first-order valence-electron chi connectivity index (χ1n) is 11.3. The average molecular weight is 424 g/mol. The minimum atomic E-state index is -0.943. The van der Waals surface area contributed by atoms with E-state index in [1.807, 2.05) is 29.0 Å². The highest BCUT2D eigenvalue weighted by Gasteiger charge is 2.11. The summed E-state index contributed by atoms with van der Waals surface area (Å²) < 4.78 is 7.68. The van der Waals surface area contributed by atoms with Gasteiger partial charge in [0.1, 0.15) is 18.5 Å². The number of benzene rings is 2. The number of aromatic nitrogens is 1. The second kappa shape index (κ2) is 11.6. The number of aryl methyl sites for hydroxylation is 1. The molecule has 0 saturated heterocycles. The lowest BCUT2D eigenvalue weighted by molar-refractivity contribution is 0.0697. The molecule has 1 atom stereocenters. The molecule has 2 N–H and O–H groups in total. The van der Waals surface area contributed by atoms with Crippen molar-refractivity contribution in [3.8, 4) is 5.75 Å². The predicted molar refractivity (Wildman–Crippen MR) is 124 cm³/mol. The molecule has 0 aliphatic carbocycles. The molecule has 0 radical (unpaired) electrons. The van der Waals surface area contributed by atoms with E-state index >= 15 is 0 Å². The summed E-state index contributed by atoms with van der Waals surface area (Å²) in [7, 11) is 0. The number of fused-ring (bicyclic) bond motifs is 1. The van der Waals surface area contributed by atoms with Crippen LogP contribution in [0, 0.1) is 0 Å². The molecule has 1 unspecified atom stereocenters. The van der Waals surface area contributed by atoms with Gasteiger partial charge < -0.3 is 19.5 Å². The third kappa shape index (κ3) is 6.86. The van der Waals surface area contributed by atoms with Gasteiger partial charge >= 0.3 is 5.97 Å². The van der Waals surface area contributed by atoms with Gasteiger partial charge in [0.25, 0.3) is 0 Å². The number of hydrogen-bond donors (Lipinski definition) is 2. The molecule has 5 heteroatoms.